The van der Waals surface area contributed by atoms with Crippen LogP contribution in [0.3, 0.4) is 0 Å². The molecule has 8 heterocycles. The lowest BCUT2D eigenvalue weighted by Crippen LogP contribution is -2.04. The van der Waals surface area contributed by atoms with Crippen LogP contribution in [0.2, 0.25) is 0 Å². The van der Waals surface area contributed by atoms with E-state index in [0.29, 0.717) is 11.4 Å². The summed E-state index contributed by atoms with van der Waals surface area (Å²) in [6.07, 6.45) is 10.4. The molecule has 0 aromatic carbocycles. The van der Waals surface area contributed by atoms with Gasteiger partial charge in [0.05, 0.1) is 35.2 Å². The highest BCUT2D eigenvalue weighted by molar-refractivity contribution is 5.90. The summed E-state index contributed by atoms with van der Waals surface area (Å²) < 4.78 is 32.1. The highest BCUT2D eigenvalue weighted by Gasteiger charge is 2.15. The maximum Gasteiger partial charge on any atom is 0.151 e. The molecule has 0 radical (unpaired) electrons. The van der Waals surface area contributed by atoms with Crippen LogP contribution in [0.15, 0.2) is 97.8 Å². The van der Waals surface area contributed by atoms with Crippen LogP contribution in [0.25, 0.3) is 44.8 Å². The van der Waals surface area contributed by atoms with Crippen molar-refractivity contribution >= 4 is 44.8 Å². The van der Waals surface area contributed by atoms with Gasteiger partial charge in [0.15, 0.2) is 11.6 Å². The van der Waals surface area contributed by atoms with Crippen LogP contribution in [0.1, 0.15) is 51.2 Å². The van der Waals surface area contributed by atoms with Gasteiger partial charge in [-0.15, -0.1) is 0 Å². The predicted molar refractivity (Wildman–Crippen MR) is 207 cm³/mol. The average molecular weight is 725 g/mol. The molecule has 14 heteroatoms. The summed E-state index contributed by atoms with van der Waals surface area (Å²) in [7, 11) is 0. The van der Waals surface area contributed by atoms with E-state index in [0.717, 1.165) is 56.2 Å². The third-order valence-electron chi connectivity index (χ3n) is 8.46. The molecule has 0 aliphatic heterocycles. The fraction of sp³-hybridized carbons (Fsp3) is 0.200. The number of rotatable bonds is 8. The van der Waals surface area contributed by atoms with E-state index in [1.165, 1.54) is 12.1 Å². The van der Waals surface area contributed by atoms with Gasteiger partial charge >= 0.3 is 0 Å². The van der Waals surface area contributed by atoms with Crippen LogP contribution < -0.4 is 10.6 Å². The Labute approximate surface area is 310 Å². The van der Waals surface area contributed by atoms with Crippen LogP contribution in [0.4, 0.5) is 31.5 Å². The molecule has 0 aliphatic carbocycles. The van der Waals surface area contributed by atoms with Crippen LogP contribution in [-0.4, -0.2) is 49.5 Å². The van der Waals surface area contributed by atoms with Crippen molar-refractivity contribution in [3.05, 3.63) is 121 Å². The molecule has 2 N–H and O–H groups in total. The zero-order valence-corrected chi connectivity index (χ0v) is 30.6. The minimum Gasteiger partial charge on any atom is -0.354 e. The second-order valence-electron chi connectivity index (χ2n) is 13.2. The van der Waals surface area contributed by atoms with Gasteiger partial charge in [0.2, 0.25) is 0 Å². The number of halogens is 2. The molecule has 272 valence electrons. The first kappa shape index (κ1) is 35.7. The first-order valence-corrected chi connectivity index (χ1v) is 17.4. The van der Waals surface area contributed by atoms with Crippen LogP contribution in [-0.2, 0) is 0 Å². The Morgan fingerprint density at radius 1 is 0.611 bits per heavy atom. The summed E-state index contributed by atoms with van der Waals surface area (Å²) in [6, 6.07) is 17.5. The standard InChI is InChI=1S/2C20H19FN6/c1-12(2)27-11-18-20(26-27)16(7-9-23-18)25-14-6-8-22-17(10-14)19-15(21)5-4-13(3)24-19;1-12(2)27-20-16(7-9-23-18(20)11-24-27)26-14-6-8-22-17(10-14)19-15(21)5-4-13(3)25-19/h4-12H,1-3H3,(H,22,25);4-12H,1-3H3,(H,22,23,26). The van der Waals surface area contributed by atoms with Gasteiger partial charge in [0.1, 0.15) is 33.5 Å². The summed E-state index contributed by atoms with van der Waals surface area (Å²) in [6.45, 7) is 11.9. The molecule has 54 heavy (non-hydrogen) atoms. The highest BCUT2D eigenvalue weighted by Crippen LogP contribution is 2.30. The van der Waals surface area contributed by atoms with Crippen molar-refractivity contribution in [3.8, 4) is 22.8 Å². The van der Waals surface area contributed by atoms with Crippen molar-refractivity contribution in [1.29, 1.82) is 0 Å². The van der Waals surface area contributed by atoms with Crippen molar-refractivity contribution in [2.75, 3.05) is 10.6 Å². The number of nitrogens with zero attached hydrogens (tertiary/aromatic N) is 10. The average Bonchev–Trinajstić information content (AvgIpc) is 3.81. The van der Waals surface area contributed by atoms with Gasteiger partial charge in [-0.2, -0.15) is 10.2 Å². The van der Waals surface area contributed by atoms with E-state index in [9.17, 15) is 8.78 Å². The third kappa shape index (κ3) is 7.58. The van der Waals surface area contributed by atoms with Gasteiger partial charge in [-0.3, -0.25) is 29.3 Å². The van der Waals surface area contributed by atoms with Gasteiger partial charge in [-0.25, -0.2) is 18.7 Å². The minimum atomic E-state index is -0.396. The highest BCUT2D eigenvalue weighted by atomic mass is 19.1. The molecule has 0 atom stereocenters. The lowest BCUT2D eigenvalue weighted by Gasteiger charge is -2.13. The van der Waals surface area contributed by atoms with E-state index in [1.54, 1.807) is 55.2 Å². The lowest BCUT2D eigenvalue weighted by molar-refractivity contribution is 0.537. The maximum absolute atomic E-state index is 14.2. The number of aryl methyl sites for hydroxylation is 2. The van der Waals surface area contributed by atoms with Crippen LogP contribution >= 0.6 is 0 Å². The molecular formula is C40H38F2N12. The molecule has 8 aromatic rings. The molecule has 0 unspecified atom stereocenters. The van der Waals surface area contributed by atoms with E-state index in [-0.39, 0.29) is 23.5 Å². The lowest BCUT2D eigenvalue weighted by atomic mass is 10.2. The van der Waals surface area contributed by atoms with E-state index in [1.807, 2.05) is 53.7 Å². The Balaban J connectivity index is 0.000000167. The molecule has 0 saturated carbocycles. The zero-order chi connectivity index (χ0) is 37.9. The van der Waals surface area contributed by atoms with Gasteiger partial charge in [0.25, 0.3) is 0 Å². The molecule has 0 bridgehead atoms. The van der Waals surface area contributed by atoms with Crippen molar-refractivity contribution in [2.45, 2.75) is 53.6 Å². The topological polar surface area (TPSA) is 137 Å². The monoisotopic (exact) mass is 724 g/mol. The zero-order valence-electron chi connectivity index (χ0n) is 30.6. The number of anilines is 4. The van der Waals surface area contributed by atoms with Crippen molar-refractivity contribution in [2.24, 2.45) is 0 Å². The van der Waals surface area contributed by atoms with E-state index < -0.39 is 11.6 Å². The Bertz CT molecular complexity index is 2590. The van der Waals surface area contributed by atoms with Crippen LogP contribution in [0.5, 0.6) is 0 Å². The molecular weight excluding hydrogens is 687 g/mol. The van der Waals surface area contributed by atoms with Crippen molar-refractivity contribution in [3.63, 3.8) is 0 Å². The second-order valence-corrected chi connectivity index (χ2v) is 13.2. The summed E-state index contributed by atoms with van der Waals surface area (Å²) in [5.41, 5.74) is 9.50. The minimum absolute atomic E-state index is 0.200. The third-order valence-corrected chi connectivity index (χ3v) is 8.46. The maximum atomic E-state index is 14.2. The number of fused-ring (bicyclic) bond motifs is 2. The summed E-state index contributed by atoms with van der Waals surface area (Å²) in [4.78, 5) is 25.9. The van der Waals surface area contributed by atoms with E-state index >= 15 is 0 Å². The number of pyridine rings is 6. The molecule has 0 spiro atoms. The first-order chi connectivity index (χ1) is 26.0. The molecule has 0 saturated heterocycles. The summed E-state index contributed by atoms with van der Waals surface area (Å²) >= 11 is 0. The number of aromatic nitrogens is 10. The van der Waals surface area contributed by atoms with E-state index in [2.05, 4.69) is 78.4 Å². The molecule has 8 rings (SSSR count). The molecule has 0 fully saturated rings. The molecule has 12 nitrogen and oxygen atoms in total. The first-order valence-electron chi connectivity index (χ1n) is 17.4. The smallest absolute Gasteiger partial charge is 0.151 e. The Morgan fingerprint density at radius 3 is 1.72 bits per heavy atom. The molecule has 0 aliphatic rings. The number of hydrogen-bond acceptors (Lipinski definition) is 10. The normalized spacial score (nSPS) is 11.3. The largest absolute Gasteiger partial charge is 0.354 e. The summed E-state index contributed by atoms with van der Waals surface area (Å²) in [5.74, 6) is -0.790. The van der Waals surface area contributed by atoms with Gasteiger partial charge in [-0.1, -0.05) is 0 Å². The Morgan fingerprint density at radius 2 is 1.15 bits per heavy atom. The number of hydrogen-bond donors (Lipinski definition) is 2. The van der Waals surface area contributed by atoms with Crippen molar-refractivity contribution in [1.82, 2.24) is 49.5 Å². The Kier molecular flexibility index (Phi) is 9.99. The number of nitrogens with one attached hydrogen (secondary N) is 2. The molecule has 0 amide bonds. The van der Waals surface area contributed by atoms with Gasteiger partial charge in [0, 0.05) is 59.6 Å². The fourth-order valence-electron chi connectivity index (χ4n) is 5.80. The predicted octanol–water partition coefficient (Wildman–Crippen LogP) is 9.32. The Hall–Kier alpha value is -6.70. The van der Waals surface area contributed by atoms with Gasteiger partial charge in [-0.05, 0) is 102 Å². The summed E-state index contributed by atoms with van der Waals surface area (Å²) in [5, 5.41) is 15.8. The van der Waals surface area contributed by atoms with Crippen LogP contribution in [0, 0.1) is 25.5 Å². The quantitative estimate of drug-likeness (QED) is 0.156. The fourth-order valence-corrected chi connectivity index (χ4v) is 5.80. The van der Waals surface area contributed by atoms with E-state index in [4.69, 9.17) is 0 Å². The second kappa shape index (κ2) is 15.1. The van der Waals surface area contributed by atoms with Gasteiger partial charge < -0.3 is 10.6 Å². The molecule has 8 aromatic heterocycles. The SMILES string of the molecule is Cc1ccc(F)c(-c2cc(Nc3ccnc4cn(C(C)C)nc34)ccn2)n1.Cc1ccc(F)c(-c2cc(Nc3ccnc4cnn(C(C)C)c34)ccn2)n1. The van der Waals surface area contributed by atoms with Crippen molar-refractivity contribution < 1.29 is 8.78 Å².